The van der Waals surface area contributed by atoms with Crippen molar-refractivity contribution in [3.63, 3.8) is 0 Å². The van der Waals surface area contributed by atoms with Crippen molar-refractivity contribution in [3.05, 3.63) is 30.0 Å². The molecule has 3 rings (SSSR count). The molecule has 2 heterocycles. The highest BCUT2D eigenvalue weighted by molar-refractivity contribution is 5.98. The first-order valence-corrected chi connectivity index (χ1v) is 8.50. The monoisotopic (exact) mass is 345 g/mol. The van der Waals surface area contributed by atoms with Crippen molar-refractivity contribution in [2.24, 2.45) is 0 Å². The van der Waals surface area contributed by atoms with E-state index < -0.39 is 0 Å². The molecule has 0 unspecified atom stereocenters. The summed E-state index contributed by atoms with van der Waals surface area (Å²) in [6, 6.07) is 7.53. The summed E-state index contributed by atoms with van der Waals surface area (Å²) in [6.07, 6.45) is 1.16. The van der Waals surface area contributed by atoms with E-state index in [2.05, 4.69) is 10.3 Å². The largest absolute Gasteiger partial charge is 0.497 e. The Balaban J connectivity index is 1.59. The lowest BCUT2D eigenvalue weighted by atomic mass is 10.1. The highest BCUT2D eigenvalue weighted by atomic mass is 16.6. The van der Waals surface area contributed by atoms with Crippen LogP contribution in [0.15, 0.2) is 24.3 Å². The van der Waals surface area contributed by atoms with Gasteiger partial charge in [0.05, 0.1) is 13.7 Å². The number of methoxy groups -OCH3 is 1. The summed E-state index contributed by atoms with van der Waals surface area (Å²) in [5.74, 6) is 0.609. The maximum absolute atomic E-state index is 12.5. The standard InChI is InChI=1S/C18H23N3O4/c1-3-25-18(23)21-8-6-13(7-9-21)19-17(22)16-10-12-4-5-14(24-2)11-15(12)20-16/h4-5,10-11,13,20H,3,6-9H2,1-2H3,(H,19,22). The van der Waals surface area contributed by atoms with Gasteiger partial charge in [-0.05, 0) is 38.0 Å². The number of carbonyl (C=O) groups excluding carboxylic acids is 2. The summed E-state index contributed by atoms with van der Waals surface area (Å²) in [5, 5.41) is 4.00. The number of piperidine rings is 1. The number of H-pyrrole nitrogens is 1. The number of fused-ring (bicyclic) bond motifs is 1. The SMILES string of the molecule is CCOC(=O)N1CCC(NC(=O)c2cc3ccc(OC)cc3[nH]2)CC1. The maximum Gasteiger partial charge on any atom is 0.409 e. The Kier molecular flexibility index (Phi) is 5.11. The van der Waals surface area contributed by atoms with Gasteiger partial charge in [0.2, 0.25) is 0 Å². The number of benzene rings is 1. The predicted molar refractivity (Wildman–Crippen MR) is 93.9 cm³/mol. The second-order valence-electron chi connectivity index (χ2n) is 6.07. The third-order valence-corrected chi connectivity index (χ3v) is 4.43. The molecule has 1 aromatic carbocycles. The van der Waals surface area contributed by atoms with Crippen LogP contribution in [0.5, 0.6) is 5.75 Å². The number of hydrogen-bond acceptors (Lipinski definition) is 4. The summed E-state index contributed by atoms with van der Waals surface area (Å²) < 4.78 is 10.2. The van der Waals surface area contributed by atoms with E-state index in [1.165, 1.54) is 0 Å². The zero-order valence-electron chi connectivity index (χ0n) is 14.5. The maximum atomic E-state index is 12.5. The van der Waals surface area contributed by atoms with Crippen molar-refractivity contribution in [2.45, 2.75) is 25.8 Å². The fraction of sp³-hybridized carbons (Fsp3) is 0.444. The van der Waals surface area contributed by atoms with Crippen LogP contribution < -0.4 is 10.1 Å². The second kappa shape index (κ2) is 7.46. The molecule has 1 aliphatic heterocycles. The van der Waals surface area contributed by atoms with Crippen molar-refractivity contribution in [2.75, 3.05) is 26.8 Å². The predicted octanol–water partition coefficient (Wildman–Crippen LogP) is 2.53. The van der Waals surface area contributed by atoms with Crippen molar-refractivity contribution in [1.29, 1.82) is 0 Å². The number of hydrogen-bond donors (Lipinski definition) is 2. The van der Waals surface area contributed by atoms with Crippen molar-refractivity contribution in [1.82, 2.24) is 15.2 Å². The molecule has 2 N–H and O–H groups in total. The van der Waals surface area contributed by atoms with Crippen LogP contribution in [0.25, 0.3) is 10.9 Å². The Morgan fingerprint density at radius 1 is 1.28 bits per heavy atom. The van der Waals surface area contributed by atoms with E-state index in [0.29, 0.717) is 25.4 Å². The van der Waals surface area contributed by atoms with Crippen LogP contribution in [0, 0.1) is 0 Å². The molecular formula is C18H23N3O4. The average molecular weight is 345 g/mol. The minimum Gasteiger partial charge on any atom is -0.497 e. The number of carbonyl (C=O) groups is 2. The number of rotatable bonds is 4. The Labute approximate surface area is 146 Å². The number of aromatic amines is 1. The van der Waals surface area contributed by atoms with Gasteiger partial charge >= 0.3 is 6.09 Å². The zero-order valence-corrected chi connectivity index (χ0v) is 14.5. The lowest BCUT2D eigenvalue weighted by Gasteiger charge is -2.31. The van der Waals surface area contributed by atoms with E-state index in [1.807, 2.05) is 24.3 Å². The fourth-order valence-corrected chi connectivity index (χ4v) is 3.04. The molecule has 2 aromatic rings. The second-order valence-corrected chi connectivity index (χ2v) is 6.07. The molecule has 1 fully saturated rings. The van der Waals surface area contributed by atoms with Crippen molar-refractivity contribution < 1.29 is 19.1 Å². The first kappa shape index (κ1) is 17.1. The number of amides is 2. The highest BCUT2D eigenvalue weighted by Crippen LogP contribution is 2.21. The van der Waals surface area contributed by atoms with E-state index in [-0.39, 0.29) is 18.0 Å². The summed E-state index contributed by atoms with van der Waals surface area (Å²) in [4.78, 5) is 29.0. The van der Waals surface area contributed by atoms with E-state index in [1.54, 1.807) is 18.9 Å². The Morgan fingerprint density at radius 2 is 2.04 bits per heavy atom. The van der Waals surface area contributed by atoms with Crippen LogP contribution in [0.1, 0.15) is 30.3 Å². The highest BCUT2D eigenvalue weighted by Gasteiger charge is 2.25. The molecule has 0 bridgehead atoms. The first-order valence-electron chi connectivity index (χ1n) is 8.50. The average Bonchev–Trinajstić information content (AvgIpc) is 3.05. The molecule has 1 aliphatic rings. The molecule has 2 amide bonds. The van der Waals surface area contributed by atoms with Gasteiger partial charge in [-0.2, -0.15) is 0 Å². The van der Waals surface area contributed by atoms with Gasteiger partial charge in [-0.3, -0.25) is 4.79 Å². The quantitative estimate of drug-likeness (QED) is 0.892. The van der Waals surface area contributed by atoms with E-state index in [0.717, 1.165) is 29.5 Å². The molecule has 25 heavy (non-hydrogen) atoms. The van der Waals surface area contributed by atoms with Gasteiger partial charge in [0.25, 0.3) is 5.91 Å². The molecule has 0 aliphatic carbocycles. The lowest BCUT2D eigenvalue weighted by Crippen LogP contribution is -2.46. The van der Waals surface area contributed by atoms with Gasteiger partial charge in [-0.25, -0.2) is 4.79 Å². The Morgan fingerprint density at radius 3 is 2.72 bits per heavy atom. The van der Waals surface area contributed by atoms with Crippen LogP contribution in [-0.4, -0.2) is 54.7 Å². The molecule has 0 saturated carbocycles. The third-order valence-electron chi connectivity index (χ3n) is 4.43. The number of aromatic nitrogens is 1. The summed E-state index contributed by atoms with van der Waals surface area (Å²) in [5.41, 5.74) is 1.39. The summed E-state index contributed by atoms with van der Waals surface area (Å²) in [6.45, 7) is 3.35. The van der Waals surface area contributed by atoms with E-state index in [4.69, 9.17) is 9.47 Å². The summed E-state index contributed by atoms with van der Waals surface area (Å²) in [7, 11) is 1.61. The smallest absolute Gasteiger partial charge is 0.409 e. The topological polar surface area (TPSA) is 83.7 Å². The zero-order chi connectivity index (χ0) is 17.8. The van der Waals surface area contributed by atoms with Crippen LogP contribution in [-0.2, 0) is 4.74 Å². The normalized spacial score (nSPS) is 15.2. The van der Waals surface area contributed by atoms with Gasteiger partial charge in [0.1, 0.15) is 11.4 Å². The minimum absolute atomic E-state index is 0.0547. The minimum atomic E-state index is -0.281. The third kappa shape index (κ3) is 3.87. The molecular weight excluding hydrogens is 322 g/mol. The fourth-order valence-electron chi connectivity index (χ4n) is 3.04. The van der Waals surface area contributed by atoms with Gasteiger partial charge < -0.3 is 24.7 Å². The number of likely N-dealkylation sites (tertiary alicyclic amines) is 1. The van der Waals surface area contributed by atoms with Gasteiger partial charge in [0, 0.05) is 36.1 Å². The van der Waals surface area contributed by atoms with E-state index >= 15 is 0 Å². The molecule has 0 spiro atoms. The molecule has 1 aromatic heterocycles. The van der Waals surface area contributed by atoms with Gasteiger partial charge in [-0.1, -0.05) is 0 Å². The van der Waals surface area contributed by atoms with E-state index in [9.17, 15) is 9.59 Å². The Hall–Kier alpha value is -2.70. The first-order chi connectivity index (χ1) is 12.1. The van der Waals surface area contributed by atoms with Gasteiger partial charge in [0.15, 0.2) is 0 Å². The molecule has 0 radical (unpaired) electrons. The molecule has 0 atom stereocenters. The lowest BCUT2D eigenvalue weighted by molar-refractivity contribution is 0.0857. The Bertz CT molecular complexity index is 763. The van der Waals surface area contributed by atoms with Gasteiger partial charge in [-0.15, -0.1) is 0 Å². The number of nitrogens with one attached hydrogen (secondary N) is 2. The van der Waals surface area contributed by atoms with Crippen LogP contribution >= 0.6 is 0 Å². The van der Waals surface area contributed by atoms with Crippen LogP contribution in [0.4, 0.5) is 4.79 Å². The number of ether oxygens (including phenoxy) is 2. The molecule has 1 saturated heterocycles. The summed E-state index contributed by atoms with van der Waals surface area (Å²) >= 11 is 0. The van der Waals surface area contributed by atoms with Crippen molar-refractivity contribution in [3.8, 4) is 5.75 Å². The van der Waals surface area contributed by atoms with Crippen LogP contribution in [0.3, 0.4) is 0 Å². The molecule has 134 valence electrons. The molecule has 7 heteroatoms. The number of nitrogens with zero attached hydrogens (tertiary/aromatic N) is 1. The molecule has 7 nitrogen and oxygen atoms in total. The van der Waals surface area contributed by atoms with Crippen molar-refractivity contribution >= 4 is 22.9 Å². The van der Waals surface area contributed by atoms with Crippen LogP contribution in [0.2, 0.25) is 0 Å².